The van der Waals surface area contributed by atoms with Crippen molar-refractivity contribution in [1.29, 1.82) is 0 Å². The maximum Gasteiger partial charge on any atom is 0.431 e. The third-order valence-electron chi connectivity index (χ3n) is 3.18. The molecule has 1 aromatic rings. The molecule has 0 N–H and O–H groups in total. The molecule has 1 heterocycles. The normalized spacial score (nSPS) is 18.9. The van der Waals surface area contributed by atoms with Gasteiger partial charge >= 0.3 is 6.09 Å². The Morgan fingerprint density at radius 1 is 1.38 bits per heavy atom. The van der Waals surface area contributed by atoms with E-state index in [2.05, 4.69) is 11.7 Å². The Morgan fingerprint density at radius 2 is 2.05 bits per heavy atom. The molecule has 0 aromatic heterocycles. The van der Waals surface area contributed by atoms with Crippen LogP contribution in [0.1, 0.15) is 39.2 Å². The molecule has 4 heteroatoms. The zero-order chi connectivity index (χ0) is 15.5. The van der Waals surface area contributed by atoms with E-state index in [1.54, 1.807) is 6.08 Å². The molecule has 4 nitrogen and oxygen atoms in total. The lowest BCUT2D eigenvalue weighted by atomic mass is 10.0. The standard InChI is InChI=1S/C17H22N2O2/c1-5-14-11-12-15(13-9-7-6-8-10-13)18-19(14)16(20)21-17(2,3)4/h5-10,14H,1,11-12H2,2-4H3. The fourth-order valence-corrected chi connectivity index (χ4v) is 2.20. The number of amides is 1. The van der Waals surface area contributed by atoms with Gasteiger partial charge in [0.1, 0.15) is 5.60 Å². The Labute approximate surface area is 126 Å². The number of hydrogen-bond donors (Lipinski definition) is 0. The minimum atomic E-state index is -0.539. The van der Waals surface area contributed by atoms with Crippen LogP contribution in [0, 0.1) is 0 Å². The first-order chi connectivity index (χ1) is 9.90. The highest BCUT2D eigenvalue weighted by Crippen LogP contribution is 2.22. The molecule has 21 heavy (non-hydrogen) atoms. The third kappa shape index (κ3) is 3.94. The molecule has 0 saturated carbocycles. The maximum atomic E-state index is 12.3. The van der Waals surface area contributed by atoms with E-state index in [0.29, 0.717) is 0 Å². The summed E-state index contributed by atoms with van der Waals surface area (Å²) in [5.41, 5.74) is 1.40. The van der Waals surface area contributed by atoms with Gasteiger partial charge in [0.05, 0.1) is 11.8 Å². The van der Waals surface area contributed by atoms with Crippen LogP contribution >= 0.6 is 0 Å². The molecule has 0 fully saturated rings. The molecule has 1 atom stereocenters. The van der Waals surface area contributed by atoms with Crippen molar-refractivity contribution in [2.24, 2.45) is 5.10 Å². The summed E-state index contributed by atoms with van der Waals surface area (Å²) in [4.78, 5) is 12.3. The second kappa shape index (κ2) is 6.12. The molecular formula is C17H22N2O2. The number of hydrogen-bond acceptors (Lipinski definition) is 3. The molecule has 0 bridgehead atoms. The Hall–Kier alpha value is -2.10. The van der Waals surface area contributed by atoms with Crippen molar-refractivity contribution in [3.8, 4) is 0 Å². The average molecular weight is 286 g/mol. The van der Waals surface area contributed by atoms with Crippen molar-refractivity contribution in [2.45, 2.75) is 45.3 Å². The molecule has 0 aliphatic carbocycles. The molecule has 0 spiro atoms. The molecule has 1 aromatic carbocycles. The summed E-state index contributed by atoms with van der Waals surface area (Å²) in [6.07, 6.45) is 2.94. The first-order valence-electron chi connectivity index (χ1n) is 7.18. The predicted molar refractivity (Wildman–Crippen MR) is 84.3 cm³/mol. The van der Waals surface area contributed by atoms with Crippen molar-refractivity contribution in [1.82, 2.24) is 5.01 Å². The highest BCUT2D eigenvalue weighted by Gasteiger charge is 2.30. The van der Waals surface area contributed by atoms with Crippen molar-refractivity contribution in [3.63, 3.8) is 0 Å². The van der Waals surface area contributed by atoms with E-state index >= 15 is 0 Å². The lowest BCUT2D eigenvalue weighted by molar-refractivity contribution is 0.0187. The minimum Gasteiger partial charge on any atom is -0.442 e. The van der Waals surface area contributed by atoms with E-state index in [1.807, 2.05) is 51.1 Å². The van der Waals surface area contributed by atoms with Crippen LogP contribution in [0.3, 0.4) is 0 Å². The van der Waals surface area contributed by atoms with Gasteiger partial charge in [-0.05, 0) is 39.2 Å². The second-order valence-electron chi connectivity index (χ2n) is 6.08. The molecule has 1 aliphatic heterocycles. The van der Waals surface area contributed by atoms with Crippen LogP contribution in [0.5, 0.6) is 0 Å². The largest absolute Gasteiger partial charge is 0.442 e. The predicted octanol–water partition coefficient (Wildman–Crippen LogP) is 3.98. The van der Waals surface area contributed by atoms with Gasteiger partial charge in [0.2, 0.25) is 0 Å². The van der Waals surface area contributed by atoms with Crippen molar-refractivity contribution in [2.75, 3.05) is 0 Å². The van der Waals surface area contributed by atoms with Crippen molar-refractivity contribution >= 4 is 11.8 Å². The Morgan fingerprint density at radius 3 is 2.62 bits per heavy atom. The molecule has 2 rings (SSSR count). The van der Waals surface area contributed by atoms with Gasteiger partial charge in [0.25, 0.3) is 0 Å². The van der Waals surface area contributed by atoms with Gasteiger partial charge in [-0.15, -0.1) is 6.58 Å². The molecule has 112 valence electrons. The minimum absolute atomic E-state index is 0.118. The van der Waals surface area contributed by atoms with Crippen LogP contribution in [-0.2, 0) is 4.74 Å². The van der Waals surface area contributed by atoms with Crippen LogP contribution < -0.4 is 0 Å². The van der Waals surface area contributed by atoms with E-state index in [0.717, 1.165) is 24.1 Å². The number of ether oxygens (including phenoxy) is 1. The summed E-state index contributed by atoms with van der Waals surface area (Å²) in [6, 6.07) is 9.78. The van der Waals surface area contributed by atoms with E-state index in [4.69, 9.17) is 4.74 Å². The van der Waals surface area contributed by atoms with Crippen LogP contribution in [0.15, 0.2) is 48.1 Å². The highest BCUT2D eigenvalue weighted by atomic mass is 16.6. The Kier molecular flexibility index (Phi) is 4.46. The fourth-order valence-electron chi connectivity index (χ4n) is 2.20. The van der Waals surface area contributed by atoms with Gasteiger partial charge in [0, 0.05) is 0 Å². The number of carbonyl (C=O) groups is 1. The summed E-state index contributed by atoms with van der Waals surface area (Å²) < 4.78 is 5.43. The quantitative estimate of drug-likeness (QED) is 0.772. The monoisotopic (exact) mass is 286 g/mol. The molecule has 1 unspecified atom stereocenters. The lowest BCUT2D eigenvalue weighted by Gasteiger charge is -2.32. The Balaban J connectivity index is 2.26. The summed E-state index contributed by atoms with van der Waals surface area (Å²) in [6.45, 7) is 9.33. The van der Waals surface area contributed by atoms with Gasteiger partial charge in [-0.1, -0.05) is 36.4 Å². The van der Waals surface area contributed by atoms with E-state index < -0.39 is 11.7 Å². The molecule has 0 radical (unpaired) electrons. The van der Waals surface area contributed by atoms with E-state index in [9.17, 15) is 4.79 Å². The summed E-state index contributed by atoms with van der Waals surface area (Å²) in [5.74, 6) is 0. The van der Waals surface area contributed by atoms with E-state index in [1.165, 1.54) is 5.01 Å². The van der Waals surface area contributed by atoms with Gasteiger partial charge in [-0.2, -0.15) is 10.1 Å². The number of benzene rings is 1. The first-order valence-corrected chi connectivity index (χ1v) is 7.18. The molecule has 1 amide bonds. The zero-order valence-electron chi connectivity index (χ0n) is 12.9. The second-order valence-corrected chi connectivity index (χ2v) is 6.08. The van der Waals surface area contributed by atoms with Crippen LogP contribution in [-0.4, -0.2) is 28.5 Å². The van der Waals surface area contributed by atoms with Crippen molar-refractivity contribution < 1.29 is 9.53 Å². The number of hydrazone groups is 1. The maximum absolute atomic E-state index is 12.3. The summed E-state index contributed by atoms with van der Waals surface area (Å²) in [7, 11) is 0. The van der Waals surface area contributed by atoms with Gasteiger partial charge in [0.15, 0.2) is 0 Å². The smallest absolute Gasteiger partial charge is 0.431 e. The molecular weight excluding hydrogens is 264 g/mol. The lowest BCUT2D eigenvalue weighted by Crippen LogP contribution is -2.42. The Bertz CT molecular complexity index is 544. The molecule has 1 aliphatic rings. The highest BCUT2D eigenvalue weighted by molar-refractivity contribution is 6.01. The summed E-state index contributed by atoms with van der Waals surface area (Å²) >= 11 is 0. The number of carbonyl (C=O) groups excluding carboxylic acids is 1. The number of nitrogens with zero attached hydrogens (tertiary/aromatic N) is 2. The topological polar surface area (TPSA) is 41.9 Å². The summed E-state index contributed by atoms with van der Waals surface area (Å²) in [5, 5.41) is 5.90. The van der Waals surface area contributed by atoms with E-state index in [-0.39, 0.29) is 6.04 Å². The van der Waals surface area contributed by atoms with Gasteiger partial charge in [-0.3, -0.25) is 0 Å². The fraction of sp³-hybridized carbons (Fsp3) is 0.412. The van der Waals surface area contributed by atoms with Crippen LogP contribution in [0.2, 0.25) is 0 Å². The first kappa shape index (κ1) is 15.3. The third-order valence-corrected chi connectivity index (χ3v) is 3.18. The van der Waals surface area contributed by atoms with Crippen LogP contribution in [0.25, 0.3) is 0 Å². The van der Waals surface area contributed by atoms with Gasteiger partial charge in [-0.25, -0.2) is 4.79 Å². The zero-order valence-corrected chi connectivity index (χ0v) is 12.9. The molecule has 0 saturated heterocycles. The SMILES string of the molecule is C=CC1CCC(c2ccccc2)=NN1C(=O)OC(C)(C)C. The average Bonchev–Trinajstić information content (AvgIpc) is 2.45. The number of rotatable bonds is 2. The van der Waals surface area contributed by atoms with Gasteiger partial charge < -0.3 is 4.74 Å². The van der Waals surface area contributed by atoms with Crippen LogP contribution in [0.4, 0.5) is 4.79 Å². The van der Waals surface area contributed by atoms with Crippen molar-refractivity contribution in [3.05, 3.63) is 48.6 Å².